The van der Waals surface area contributed by atoms with Crippen LogP contribution in [0.1, 0.15) is 80.2 Å². The van der Waals surface area contributed by atoms with Crippen LogP contribution in [0.15, 0.2) is 36.2 Å². The number of carbonyl (C=O) groups is 2. The van der Waals surface area contributed by atoms with Gasteiger partial charge in [0.1, 0.15) is 24.6 Å². The van der Waals surface area contributed by atoms with Crippen molar-refractivity contribution in [3.05, 3.63) is 36.6 Å². The smallest absolute Gasteiger partial charge is 0.497 e. The first-order valence-corrected chi connectivity index (χ1v) is 18.6. The Morgan fingerprint density at radius 1 is 1.08 bits per heavy atom. The zero-order valence-corrected chi connectivity index (χ0v) is 33.0. The molecule has 3 aliphatic heterocycles. The summed E-state index contributed by atoms with van der Waals surface area (Å²) < 4.78 is 43.6. The molecule has 3 saturated heterocycles. The molecule has 2 N–H and O–H groups in total. The van der Waals surface area contributed by atoms with E-state index in [-0.39, 0.29) is 18.6 Å². The van der Waals surface area contributed by atoms with E-state index in [1.54, 1.807) is 52.6 Å². The summed E-state index contributed by atoms with van der Waals surface area (Å²) in [5, 5.41) is 25.8. The molecule has 15 heteroatoms. The molecule has 298 valence electrons. The molecule has 3 fully saturated rings. The number of aliphatic hydroxyl groups excluding tert-OH is 1. The highest BCUT2D eigenvalue weighted by Crippen LogP contribution is 2.43. The number of oxime groups is 1. The van der Waals surface area contributed by atoms with Crippen molar-refractivity contribution in [1.82, 2.24) is 14.9 Å². The maximum absolute atomic E-state index is 14.2. The minimum atomic E-state index is -1.40. The number of aliphatic hydroxyl groups is 1. The Morgan fingerprint density at radius 3 is 2.36 bits per heavy atom. The molecule has 0 saturated carbocycles. The monoisotopic (exact) mass is 748 g/mol. The molecule has 14 atom stereocenters. The largest absolute Gasteiger partial charge is 0.509 e. The van der Waals surface area contributed by atoms with Gasteiger partial charge in [0.05, 0.1) is 35.7 Å². The van der Waals surface area contributed by atoms with Gasteiger partial charge in [0.2, 0.25) is 0 Å². The normalized spacial score (nSPS) is 41.0. The number of ether oxygens (including phenoxy) is 7. The molecular weight excluding hydrogens is 688 g/mol. The van der Waals surface area contributed by atoms with E-state index in [0.29, 0.717) is 25.0 Å². The Morgan fingerprint density at radius 2 is 1.75 bits per heavy atom. The Balaban J connectivity index is 1.84. The number of nitrogens with zero attached hydrogens (tertiary/aromatic N) is 4. The number of hydrogen-bond acceptors (Lipinski definition) is 15. The molecule has 1 aromatic rings. The number of aromatic nitrogens is 2. The van der Waals surface area contributed by atoms with E-state index in [4.69, 9.17) is 33.2 Å². The van der Waals surface area contributed by atoms with Crippen molar-refractivity contribution in [2.24, 2.45) is 28.8 Å². The van der Waals surface area contributed by atoms with Gasteiger partial charge in [-0.15, -0.1) is 0 Å². The van der Waals surface area contributed by atoms with Gasteiger partial charge in [0.25, 0.3) is 0 Å². The topological polar surface area (TPSA) is 181 Å². The van der Waals surface area contributed by atoms with Crippen LogP contribution < -0.4 is 0 Å². The number of likely N-dealkylation sites (N-methyl/N-ethyl adjacent to an activating group) is 1. The number of rotatable bonds is 9. The fourth-order valence-corrected chi connectivity index (χ4v) is 8.40. The number of hydrogen-bond donors (Lipinski definition) is 2. The lowest BCUT2D eigenvalue weighted by molar-refractivity contribution is -0.301. The van der Waals surface area contributed by atoms with Gasteiger partial charge in [0, 0.05) is 43.3 Å². The zero-order chi connectivity index (χ0) is 39.2. The van der Waals surface area contributed by atoms with Gasteiger partial charge in [-0.1, -0.05) is 32.9 Å². The average Bonchev–Trinajstić information content (AvgIpc) is 3.44. The third-order valence-corrected chi connectivity index (χ3v) is 11.4. The first-order valence-electron chi connectivity index (χ1n) is 18.6. The van der Waals surface area contributed by atoms with Crippen LogP contribution in [0.5, 0.6) is 0 Å². The lowest BCUT2D eigenvalue weighted by Gasteiger charge is -2.48. The van der Waals surface area contributed by atoms with Crippen LogP contribution in [-0.2, 0) is 44.4 Å². The SMILES string of the molecule is CC[C@H]1OC(=O)[C@H](C)[C@@H](O/C=C\Cc2cncnc2)[C@H](C)[C@@H](O[C@H]2O[C@@H](C)C[C@@H](N(C)C)[C@@H]2O)[C@](C)(OC)C[C@@H](C)/C(=N\O)[C@H](C)[C@H]2OC(=O)O[C@]21C. The second-order valence-corrected chi connectivity index (χ2v) is 15.5. The van der Waals surface area contributed by atoms with E-state index in [1.165, 1.54) is 6.33 Å². The summed E-state index contributed by atoms with van der Waals surface area (Å²) in [6, 6.07) is -0.248. The molecule has 53 heavy (non-hydrogen) atoms. The van der Waals surface area contributed by atoms with Gasteiger partial charge in [-0.3, -0.25) is 4.79 Å². The maximum Gasteiger partial charge on any atom is 0.509 e. The van der Waals surface area contributed by atoms with Crippen molar-refractivity contribution in [3.63, 3.8) is 0 Å². The van der Waals surface area contributed by atoms with Gasteiger partial charge >= 0.3 is 12.1 Å². The molecular formula is C38H60N4O11. The first kappa shape index (κ1) is 42.4. The Hall–Kier alpha value is -3.37. The fraction of sp³-hybridized carbons (Fsp3) is 0.763. The van der Waals surface area contributed by atoms with E-state index in [2.05, 4.69) is 15.1 Å². The van der Waals surface area contributed by atoms with Crippen molar-refractivity contribution in [2.45, 2.75) is 141 Å². The summed E-state index contributed by atoms with van der Waals surface area (Å²) in [4.78, 5) is 37.1. The lowest BCUT2D eigenvalue weighted by atomic mass is 9.73. The molecule has 0 bridgehead atoms. The van der Waals surface area contributed by atoms with Crippen LogP contribution in [0, 0.1) is 23.7 Å². The Kier molecular flexibility index (Phi) is 14.3. The van der Waals surface area contributed by atoms with Crippen LogP contribution >= 0.6 is 0 Å². The standard InChI is InChI=1S/C38H60N4O11/c1-12-28-38(8)33(52-36(45)53-38)23(4)29(41-46)21(2)17-37(7,47-11)32(51-35-30(43)27(42(9)10)16-22(3)49-35)24(5)31(25(6)34(44)50-28)48-15-13-14-26-18-39-20-40-19-26/h13,15,18-25,27-28,30-33,35,43,46H,12,14,16-17H2,1-11H3/b15-13-,41-29+/t21-,22+,23+,24+,25-,27-,28-,30+,31+,32-,33-,35-,37-,38+/m1/s1. The van der Waals surface area contributed by atoms with Crippen molar-refractivity contribution in [3.8, 4) is 0 Å². The number of methoxy groups -OCH3 is 1. The second-order valence-electron chi connectivity index (χ2n) is 15.5. The van der Waals surface area contributed by atoms with Crippen LogP contribution in [0.4, 0.5) is 4.79 Å². The highest BCUT2D eigenvalue weighted by atomic mass is 16.8. The summed E-state index contributed by atoms with van der Waals surface area (Å²) >= 11 is 0. The highest BCUT2D eigenvalue weighted by Gasteiger charge is 2.59. The summed E-state index contributed by atoms with van der Waals surface area (Å²) in [6.07, 6.45) is 3.05. The molecule has 0 radical (unpaired) electrons. The quantitative estimate of drug-likeness (QED) is 0.156. The third kappa shape index (κ3) is 9.30. The molecule has 1 aromatic heterocycles. The van der Waals surface area contributed by atoms with Crippen LogP contribution in [0.2, 0.25) is 0 Å². The minimum Gasteiger partial charge on any atom is -0.497 e. The molecule has 4 heterocycles. The molecule has 15 nitrogen and oxygen atoms in total. The van der Waals surface area contributed by atoms with Gasteiger partial charge in [-0.2, -0.15) is 0 Å². The molecule has 0 spiro atoms. The predicted molar refractivity (Wildman–Crippen MR) is 193 cm³/mol. The summed E-state index contributed by atoms with van der Waals surface area (Å²) in [5.41, 5.74) is -1.35. The third-order valence-electron chi connectivity index (χ3n) is 11.4. The van der Waals surface area contributed by atoms with E-state index < -0.39 is 83.8 Å². The summed E-state index contributed by atoms with van der Waals surface area (Å²) in [5.74, 6) is -3.18. The molecule has 4 rings (SSSR count). The zero-order valence-electron chi connectivity index (χ0n) is 33.0. The van der Waals surface area contributed by atoms with Crippen molar-refractivity contribution in [1.29, 1.82) is 0 Å². The molecule has 0 aromatic carbocycles. The van der Waals surface area contributed by atoms with Gasteiger partial charge in [0.15, 0.2) is 18.0 Å². The molecule has 0 aliphatic carbocycles. The predicted octanol–water partition coefficient (Wildman–Crippen LogP) is 4.53. The van der Waals surface area contributed by atoms with Crippen LogP contribution in [0.3, 0.4) is 0 Å². The van der Waals surface area contributed by atoms with Gasteiger partial charge in [-0.25, -0.2) is 14.8 Å². The number of allylic oxidation sites excluding steroid dienone is 1. The van der Waals surface area contributed by atoms with E-state index >= 15 is 0 Å². The lowest BCUT2D eigenvalue weighted by Crippen LogP contribution is -2.60. The summed E-state index contributed by atoms with van der Waals surface area (Å²) in [6.45, 7) is 14.6. The van der Waals surface area contributed by atoms with E-state index in [9.17, 15) is 19.9 Å². The molecule has 3 aliphatic rings. The maximum atomic E-state index is 14.2. The van der Waals surface area contributed by atoms with Crippen LogP contribution in [-0.4, -0.2) is 124 Å². The first-order chi connectivity index (χ1) is 25.0. The molecule has 0 unspecified atom stereocenters. The second kappa shape index (κ2) is 17.8. The van der Waals surface area contributed by atoms with E-state index in [0.717, 1.165) is 5.56 Å². The van der Waals surface area contributed by atoms with Crippen molar-refractivity contribution >= 4 is 17.8 Å². The van der Waals surface area contributed by atoms with Crippen LogP contribution in [0.25, 0.3) is 0 Å². The molecule has 0 amide bonds. The Labute approximate surface area is 313 Å². The van der Waals surface area contributed by atoms with Gasteiger partial charge < -0.3 is 48.4 Å². The van der Waals surface area contributed by atoms with Crippen molar-refractivity contribution in [2.75, 3.05) is 21.2 Å². The highest BCUT2D eigenvalue weighted by molar-refractivity contribution is 5.89. The number of fused-ring (bicyclic) bond motifs is 1. The van der Waals surface area contributed by atoms with Gasteiger partial charge in [-0.05, 0) is 79.1 Å². The van der Waals surface area contributed by atoms with Crippen molar-refractivity contribution < 1.29 is 53.1 Å². The summed E-state index contributed by atoms with van der Waals surface area (Å²) in [7, 11) is 5.36. The number of esters is 1. The number of carbonyl (C=O) groups excluding carboxylic acids is 2. The fourth-order valence-electron chi connectivity index (χ4n) is 8.40. The average molecular weight is 749 g/mol. The Bertz CT molecular complexity index is 1430. The number of cyclic esters (lactones) is 1. The minimum absolute atomic E-state index is 0.228. The van der Waals surface area contributed by atoms with E-state index in [1.807, 2.05) is 53.6 Å².